The topological polar surface area (TPSA) is 117 Å². The minimum absolute atomic E-state index is 0.106. The predicted octanol–water partition coefficient (Wildman–Crippen LogP) is 0.587. The molecule has 0 aliphatic carbocycles. The molecule has 2 amide bonds. The fourth-order valence-corrected chi connectivity index (χ4v) is 2.48. The molecular formula is C15H16N4O5. The maximum Gasteiger partial charge on any atom is 0.416 e. The summed E-state index contributed by atoms with van der Waals surface area (Å²) in [5.74, 6) is -0.312. The summed E-state index contributed by atoms with van der Waals surface area (Å²) in [5.41, 5.74) is 0.111. The molecule has 0 bridgehead atoms. The molecule has 1 atom stereocenters. The fraction of sp³-hybridized carbons (Fsp3) is 0.267. The number of phenolic OH excluding ortho intramolecular Hbond substituents is 2. The number of anilines is 1. The van der Waals surface area contributed by atoms with E-state index in [0.29, 0.717) is 5.82 Å². The minimum Gasteiger partial charge on any atom is -0.508 e. The second-order valence-electron chi connectivity index (χ2n) is 5.38. The van der Waals surface area contributed by atoms with Crippen LogP contribution in [0.25, 0.3) is 0 Å². The molecule has 126 valence electrons. The molecule has 0 radical (unpaired) electrons. The van der Waals surface area contributed by atoms with Crippen LogP contribution in [-0.4, -0.2) is 51.2 Å². The molecule has 9 heteroatoms. The molecule has 1 saturated heterocycles. The Bertz CT molecular complexity index is 768. The lowest BCUT2D eigenvalue weighted by Gasteiger charge is -2.12. The van der Waals surface area contributed by atoms with Gasteiger partial charge < -0.3 is 20.3 Å². The molecule has 0 spiro atoms. The van der Waals surface area contributed by atoms with Crippen molar-refractivity contribution in [2.45, 2.75) is 6.10 Å². The summed E-state index contributed by atoms with van der Waals surface area (Å²) in [5, 5.41) is 25.4. The van der Waals surface area contributed by atoms with Crippen molar-refractivity contribution in [2.24, 2.45) is 7.05 Å². The van der Waals surface area contributed by atoms with E-state index in [0.717, 1.165) is 6.07 Å². The number of rotatable bonds is 4. The zero-order valence-corrected chi connectivity index (χ0v) is 12.8. The van der Waals surface area contributed by atoms with Gasteiger partial charge in [-0.2, -0.15) is 5.10 Å². The van der Waals surface area contributed by atoms with Crippen molar-refractivity contribution in [1.29, 1.82) is 0 Å². The Hall–Kier alpha value is -3.23. The number of benzene rings is 1. The van der Waals surface area contributed by atoms with E-state index >= 15 is 0 Å². The van der Waals surface area contributed by atoms with Gasteiger partial charge >= 0.3 is 6.09 Å². The lowest BCUT2D eigenvalue weighted by Crippen LogP contribution is -2.34. The SMILES string of the molecule is Cn1nccc1N1CC(CNC(=O)c2cc(O)cc(O)c2)OC1=O. The van der Waals surface area contributed by atoms with Crippen molar-refractivity contribution >= 4 is 17.8 Å². The molecule has 3 rings (SSSR count). The van der Waals surface area contributed by atoms with Crippen LogP contribution in [-0.2, 0) is 11.8 Å². The number of carbonyl (C=O) groups excluding carboxylic acids is 2. The van der Waals surface area contributed by atoms with Gasteiger partial charge in [0.05, 0.1) is 19.3 Å². The summed E-state index contributed by atoms with van der Waals surface area (Å²) >= 11 is 0. The number of nitrogens with zero attached hydrogens (tertiary/aromatic N) is 3. The van der Waals surface area contributed by atoms with Crippen molar-refractivity contribution in [2.75, 3.05) is 18.0 Å². The third kappa shape index (κ3) is 3.09. The van der Waals surface area contributed by atoms with Gasteiger partial charge in [-0.25, -0.2) is 4.79 Å². The molecule has 1 unspecified atom stereocenters. The fourth-order valence-electron chi connectivity index (χ4n) is 2.48. The Balaban J connectivity index is 1.60. The molecule has 24 heavy (non-hydrogen) atoms. The zero-order chi connectivity index (χ0) is 17.3. The maximum absolute atomic E-state index is 12.1. The summed E-state index contributed by atoms with van der Waals surface area (Å²) < 4.78 is 6.77. The van der Waals surface area contributed by atoms with E-state index in [2.05, 4.69) is 10.4 Å². The van der Waals surface area contributed by atoms with Crippen molar-refractivity contribution in [3.63, 3.8) is 0 Å². The summed E-state index contributed by atoms with van der Waals surface area (Å²) in [6.45, 7) is 0.388. The number of cyclic esters (lactones) is 1. The van der Waals surface area contributed by atoms with Crippen LogP contribution in [0.3, 0.4) is 0 Å². The third-order valence-electron chi connectivity index (χ3n) is 3.60. The van der Waals surface area contributed by atoms with Crippen LogP contribution in [0.4, 0.5) is 10.6 Å². The van der Waals surface area contributed by atoms with E-state index in [-0.39, 0.29) is 30.2 Å². The maximum atomic E-state index is 12.1. The number of aryl methyl sites for hydroxylation is 1. The van der Waals surface area contributed by atoms with E-state index in [4.69, 9.17) is 4.74 Å². The highest BCUT2D eigenvalue weighted by atomic mass is 16.6. The number of amides is 2. The van der Waals surface area contributed by atoms with E-state index < -0.39 is 18.1 Å². The Kier molecular flexibility index (Phi) is 3.98. The molecule has 1 fully saturated rings. The van der Waals surface area contributed by atoms with Gasteiger partial charge in [-0.1, -0.05) is 0 Å². The summed E-state index contributed by atoms with van der Waals surface area (Å²) in [4.78, 5) is 25.4. The normalized spacial score (nSPS) is 17.0. The lowest BCUT2D eigenvalue weighted by molar-refractivity contribution is 0.0915. The number of aromatic nitrogens is 2. The predicted molar refractivity (Wildman–Crippen MR) is 82.9 cm³/mol. The van der Waals surface area contributed by atoms with Crippen molar-refractivity contribution in [3.8, 4) is 11.5 Å². The first-order valence-electron chi connectivity index (χ1n) is 7.21. The minimum atomic E-state index is -0.512. The van der Waals surface area contributed by atoms with E-state index in [1.165, 1.54) is 17.0 Å². The Labute approximate surface area is 137 Å². The van der Waals surface area contributed by atoms with Crippen molar-refractivity contribution in [3.05, 3.63) is 36.0 Å². The summed E-state index contributed by atoms with van der Waals surface area (Å²) in [6.07, 6.45) is 0.557. The molecule has 2 heterocycles. The average Bonchev–Trinajstić information content (AvgIpc) is 3.09. The molecule has 1 aliphatic rings. The first-order valence-corrected chi connectivity index (χ1v) is 7.21. The second kappa shape index (κ2) is 6.11. The molecular weight excluding hydrogens is 316 g/mol. The smallest absolute Gasteiger partial charge is 0.416 e. The lowest BCUT2D eigenvalue weighted by atomic mass is 10.2. The molecule has 1 aliphatic heterocycles. The second-order valence-corrected chi connectivity index (χ2v) is 5.38. The highest BCUT2D eigenvalue weighted by Gasteiger charge is 2.33. The van der Waals surface area contributed by atoms with Crippen molar-refractivity contribution in [1.82, 2.24) is 15.1 Å². The van der Waals surface area contributed by atoms with Crippen LogP contribution in [0.1, 0.15) is 10.4 Å². The molecule has 0 saturated carbocycles. The van der Waals surface area contributed by atoms with E-state index in [1.807, 2.05) is 0 Å². The number of ether oxygens (including phenoxy) is 1. The molecule has 1 aromatic heterocycles. The van der Waals surface area contributed by atoms with Gasteiger partial charge in [-0.05, 0) is 12.1 Å². The zero-order valence-electron chi connectivity index (χ0n) is 12.8. The number of aromatic hydroxyl groups is 2. The van der Waals surface area contributed by atoms with E-state index in [9.17, 15) is 19.8 Å². The van der Waals surface area contributed by atoms with Crippen molar-refractivity contribution < 1.29 is 24.5 Å². The van der Waals surface area contributed by atoms with Crippen LogP contribution in [0, 0.1) is 0 Å². The standard InChI is InChI=1S/C15H16N4O5/c1-18-13(2-3-17-18)19-8-12(24-15(19)23)7-16-14(22)9-4-10(20)6-11(21)5-9/h2-6,12,20-21H,7-8H2,1H3,(H,16,22). The van der Waals surface area contributed by atoms with Crippen LogP contribution >= 0.6 is 0 Å². The number of carbonyl (C=O) groups is 2. The molecule has 2 aromatic rings. The van der Waals surface area contributed by atoms with Gasteiger partial charge in [-0.15, -0.1) is 0 Å². The van der Waals surface area contributed by atoms with E-state index in [1.54, 1.807) is 24.0 Å². The number of phenols is 2. The van der Waals surface area contributed by atoms with Gasteiger partial charge in [0.2, 0.25) is 0 Å². The first kappa shape index (κ1) is 15.7. The quantitative estimate of drug-likeness (QED) is 0.754. The van der Waals surface area contributed by atoms with Crippen LogP contribution in [0.2, 0.25) is 0 Å². The Morgan fingerprint density at radius 1 is 1.38 bits per heavy atom. The van der Waals surface area contributed by atoms with Crippen LogP contribution in [0.5, 0.6) is 11.5 Å². The summed E-state index contributed by atoms with van der Waals surface area (Å²) in [7, 11) is 1.71. The largest absolute Gasteiger partial charge is 0.508 e. The van der Waals surface area contributed by atoms with Gasteiger partial charge in [0.25, 0.3) is 5.91 Å². The highest BCUT2D eigenvalue weighted by Crippen LogP contribution is 2.21. The highest BCUT2D eigenvalue weighted by molar-refractivity contribution is 5.95. The number of hydrogen-bond acceptors (Lipinski definition) is 6. The molecule has 9 nitrogen and oxygen atoms in total. The van der Waals surface area contributed by atoms with Crippen LogP contribution in [0.15, 0.2) is 30.5 Å². The van der Waals surface area contributed by atoms with Crippen LogP contribution < -0.4 is 10.2 Å². The van der Waals surface area contributed by atoms with Gasteiger partial charge in [0.15, 0.2) is 0 Å². The molecule has 3 N–H and O–H groups in total. The van der Waals surface area contributed by atoms with Gasteiger partial charge in [-0.3, -0.25) is 14.4 Å². The monoisotopic (exact) mass is 332 g/mol. The average molecular weight is 332 g/mol. The molecule has 1 aromatic carbocycles. The van der Waals surface area contributed by atoms with Gasteiger partial charge in [0, 0.05) is 24.7 Å². The third-order valence-corrected chi connectivity index (χ3v) is 3.60. The Morgan fingerprint density at radius 2 is 2.08 bits per heavy atom. The first-order chi connectivity index (χ1) is 11.4. The van der Waals surface area contributed by atoms with Gasteiger partial charge in [0.1, 0.15) is 23.4 Å². The number of hydrogen-bond donors (Lipinski definition) is 3. The summed E-state index contributed by atoms with van der Waals surface area (Å²) in [6, 6.07) is 5.29. The number of nitrogens with one attached hydrogen (secondary N) is 1. The Morgan fingerprint density at radius 3 is 2.71 bits per heavy atom.